The van der Waals surface area contributed by atoms with Gasteiger partial charge >= 0.3 is 0 Å². The number of nitrogens with one attached hydrogen (secondary N) is 1. The van der Waals surface area contributed by atoms with Crippen molar-refractivity contribution in [2.75, 3.05) is 16.4 Å². The van der Waals surface area contributed by atoms with E-state index < -0.39 is 15.8 Å². The molecule has 1 aromatic carbocycles. The van der Waals surface area contributed by atoms with E-state index in [-0.39, 0.29) is 22.3 Å². The van der Waals surface area contributed by atoms with Crippen LogP contribution in [0.1, 0.15) is 6.42 Å². The van der Waals surface area contributed by atoms with Crippen LogP contribution in [-0.2, 0) is 10.0 Å². The molecule has 0 aliphatic heterocycles. The molecule has 0 aliphatic carbocycles. The monoisotopic (exact) mass is 285 g/mol. The third kappa shape index (κ3) is 4.15. The molecule has 0 radical (unpaired) electrons. The average Bonchev–Trinajstić information content (AvgIpc) is 2.20. The molecular weight excluding hydrogens is 276 g/mol. The minimum Gasteiger partial charge on any atom is -0.282 e. The zero-order valence-electron chi connectivity index (χ0n) is 8.21. The van der Waals surface area contributed by atoms with Gasteiger partial charge in [-0.2, -0.15) is 0 Å². The minimum atomic E-state index is -3.52. The van der Waals surface area contributed by atoms with Crippen molar-refractivity contribution in [1.82, 2.24) is 0 Å². The van der Waals surface area contributed by atoms with Crippen LogP contribution in [0.2, 0.25) is 5.02 Å². The molecule has 0 aliphatic rings. The molecule has 7 heteroatoms. The van der Waals surface area contributed by atoms with Gasteiger partial charge in [0.25, 0.3) is 0 Å². The van der Waals surface area contributed by atoms with Crippen molar-refractivity contribution < 1.29 is 12.8 Å². The summed E-state index contributed by atoms with van der Waals surface area (Å²) >= 11 is 11.1. The van der Waals surface area contributed by atoms with Crippen LogP contribution in [0, 0.1) is 5.82 Å². The number of sulfonamides is 1. The Morgan fingerprint density at radius 3 is 2.69 bits per heavy atom. The van der Waals surface area contributed by atoms with Crippen molar-refractivity contribution in [1.29, 1.82) is 0 Å². The van der Waals surface area contributed by atoms with Crippen molar-refractivity contribution in [3.63, 3.8) is 0 Å². The summed E-state index contributed by atoms with van der Waals surface area (Å²) in [6.07, 6.45) is 0.323. The Labute approximate surface area is 104 Å². The van der Waals surface area contributed by atoms with Crippen LogP contribution in [0.4, 0.5) is 10.1 Å². The number of rotatable bonds is 5. The van der Waals surface area contributed by atoms with Crippen molar-refractivity contribution in [3.05, 3.63) is 29.0 Å². The van der Waals surface area contributed by atoms with E-state index in [1.54, 1.807) is 0 Å². The van der Waals surface area contributed by atoms with E-state index in [0.29, 0.717) is 6.42 Å². The standard InChI is InChI=1S/C9H10Cl2FNO2S/c10-4-1-5-16(14,15)13-9-6-7(12)2-3-8(9)11/h2-3,6,13H,1,4-5H2. The molecular formula is C9H10Cl2FNO2S. The maximum absolute atomic E-state index is 12.9. The molecule has 0 spiro atoms. The molecule has 0 saturated carbocycles. The van der Waals surface area contributed by atoms with Crippen LogP contribution < -0.4 is 4.72 Å². The summed E-state index contributed by atoms with van der Waals surface area (Å²) in [6, 6.07) is 3.47. The van der Waals surface area contributed by atoms with Gasteiger partial charge in [0.05, 0.1) is 16.5 Å². The lowest BCUT2D eigenvalue weighted by Gasteiger charge is -2.08. The highest BCUT2D eigenvalue weighted by Gasteiger charge is 2.12. The maximum atomic E-state index is 12.9. The van der Waals surface area contributed by atoms with E-state index in [1.807, 2.05) is 0 Å². The summed E-state index contributed by atoms with van der Waals surface area (Å²) in [5.41, 5.74) is 0.0382. The van der Waals surface area contributed by atoms with Crippen molar-refractivity contribution in [3.8, 4) is 0 Å². The molecule has 0 bridgehead atoms. The first-order valence-corrected chi connectivity index (χ1v) is 7.02. The lowest BCUT2D eigenvalue weighted by Crippen LogP contribution is -2.17. The van der Waals surface area contributed by atoms with E-state index in [2.05, 4.69) is 4.72 Å². The summed E-state index contributed by atoms with van der Waals surface area (Å²) in [5.74, 6) is -0.430. The Kier molecular flexibility index (Phi) is 4.83. The van der Waals surface area contributed by atoms with E-state index >= 15 is 0 Å². The Hall–Kier alpha value is -0.520. The number of benzene rings is 1. The molecule has 0 saturated heterocycles. The van der Waals surface area contributed by atoms with Crippen LogP contribution in [-0.4, -0.2) is 20.1 Å². The van der Waals surface area contributed by atoms with Gasteiger partial charge in [0, 0.05) is 5.88 Å². The average molecular weight is 286 g/mol. The van der Waals surface area contributed by atoms with Gasteiger partial charge in [-0.15, -0.1) is 11.6 Å². The lowest BCUT2D eigenvalue weighted by molar-refractivity contribution is 0.600. The van der Waals surface area contributed by atoms with Gasteiger partial charge in [-0.25, -0.2) is 12.8 Å². The number of halogens is 3. The molecule has 1 N–H and O–H groups in total. The van der Waals surface area contributed by atoms with E-state index in [1.165, 1.54) is 6.07 Å². The topological polar surface area (TPSA) is 46.2 Å². The van der Waals surface area contributed by atoms with E-state index in [4.69, 9.17) is 23.2 Å². The van der Waals surface area contributed by atoms with Crippen molar-refractivity contribution >= 4 is 38.9 Å². The summed E-state index contributed by atoms with van der Waals surface area (Å²) in [4.78, 5) is 0. The number of hydrogen-bond acceptors (Lipinski definition) is 2. The first kappa shape index (κ1) is 13.5. The van der Waals surface area contributed by atoms with E-state index in [9.17, 15) is 12.8 Å². The Balaban J connectivity index is 2.83. The fourth-order valence-electron chi connectivity index (χ4n) is 1.04. The molecule has 90 valence electrons. The smallest absolute Gasteiger partial charge is 0.232 e. The first-order chi connectivity index (χ1) is 7.44. The highest BCUT2D eigenvalue weighted by atomic mass is 35.5. The van der Waals surface area contributed by atoms with Crippen LogP contribution in [0.25, 0.3) is 0 Å². The van der Waals surface area contributed by atoms with Crippen molar-refractivity contribution in [2.24, 2.45) is 0 Å². The fraction of sp³-hybridized carbons (Fsp3) is 0.333. The van der Waals surface area contributed by atoms with Crippen LogP contribution >= 0.6 is 23.2 Å². The molecule has 0 amide bonds. The Morgan fingerprint density at radius 2 is 2.06 bits per heavy atom. The van der Waals surface area contributed by atoms with Gasteiger partial charge in [-0.05, 0) is 24.6 Å². The van der Waals surface area contributed by atoms with Gasteiger partial charge in [0.15, 0.2) is 0 Å². The largest absolute Gasteiger partial charge is 0.282 e. The predicted molar refractivity (Wildman–Crippen MR) is 64.2 cm³/mol. The lowest BCUT2D eigenvalue weighted by atomic mass is 10.3. The second kappa shape index (κ2) is 5.70. The summed E-state index contributed by atoms with van der Waals surface area (Å²) in [5, 5.41) is 0.149. The molecule has 1 aromatic rings. The summed E-state index contributed by atoms with van der Waals surface area (Å²) in [6.45, 7) is 0. The Morgan fingerprint density at radius 1 is 1.38 bits per heavy atom. The zero-order valence-corrected chi connectivity index (χ0v) is 10.5. The zero-order chi connectivity index (χ0) is 12.2. The minimum absolute atomic E-state index is 0.0382. The molecule has 0 unspecified atom stereocenters. The molecule has 0 fully saturated rings. The van der Waals surface area contributed by atoms with E-state index in [0.717, 1.165) is 12.1 Å². The van der Waals surface area contributed by atoms with Gasteiger partial charge in [-0.3, -0.25) is 4.72 Å². The normalized spacial score (nSPS) is 11.4. The van der Waals surface area contributed by atoms with Gasteiger partial charge in [0.1, 0.15) is 5.82 Å². The van der Waals surface area contributed by atoms with Gasteiger partial charge in [-0.1, -0.05) is 11.6 Å². The molecule has 16 heavy (non-hydrogen) atoms. The molecule has 3 nitrogen and oxygen atoms in total. The van der Waals surface area contributed by atoms with Crippen LogP contribution in [0.15, 0.2) is 18.2 Å². The number of hydrogen-bond donors (Lipinski definition) is 1. The summed E-state index contributed by atoms with van der Waals surface area (Å²) in [7, 11) is -3.52. The first-order valence-electron chi connectivity index (χ1n) is 4.46. The summed E-state index contributed by atoms with van der Waals surface area (Å²) < 4.78 is 38.0. The van der Waals surface area contributed by atoms with Gasteiger partial charge < -0.3 is 0 Å². The third-order valence-electron chi connectivity index (χ3n) is 1.74. The predicted octanol–water partition coefficient (Wildman–Crippen LogP) is 2.85. The SMILES string of the molecule is O=S(=O)(CCCCl)Nc1cc(F)ccc1Cl. The Bertz CT molecular complexity index is 465. The van der Waals surface area contributed by atoms with Crippen LogP contribution in [0.5, 0.6) is 0 Å². The molecule has 1 rings (SSSR count). The second-order valence-electron chi connectivity index (χ2n) is 3.09. The highest BCUT2D eigenvalue weighted by molar-refractivity contribution is 7.92. The van der Waals surface area contributed by atoms with Crippen LogP contribution in [0.3, 0.4) is 0 Å². The quantitative estimate of drug-likeness (QED) is 0.846. The fourth-order valence-corrected chi connectivity index (χ4v) is 2.68. The maximum Gasteiger partial charge on any atom is 0.232 e. The number of anilines is 1. The van der Waals surface area contributed by atoms with Gasteiger partial charge in [0.2, 0.25) is 10.0 Å². The van der Waals surface area contributed by atoms with Crippen molar-refractivity contribution in [2.45, 2.75) is 6.42 Å². The molecule has 0 heterocycles. The third-order valence-corrected chi connectivity index (χ3v) is 3.69. The number of alkyl halides is 1. The second-order valence-corrected chi connectivity index (χ2v) is 5.71. The molecule has 0 aromatic heterocycles. The highest BCUT2D eigenvalue weighted by Crippen LogP contribution is 2.23. The molecule has 0 atom stereocenters.